The van der Waals surface area contributed by atoms with Crippen molar-refractivity contribution in [1.82, 2.24) is 5.32 Å². The quantitative estimate of drug-likeness (QED) is 0.868. The first-order valence-corrected chi connectivity index (χ1v) is 7.42. The number of likely N-dealkylation sites (N-methyl/N-ethyl adjacent to an activating group) is 1. The van der Waals surface area contributed by atoms with Crippen LogP contribution in [0.4, 0.5) is 4.39 Å². The SMILES string of the molecule is CNC(Cc1ccc(C)c(C)c1)c1cc(C)c(F)c(C)c1. The average Bonchev–Trinajstić information content (AvgIpc) is 2.45. The lowest BCUT2D eigenvalue weighted by Gasteiger charge is -2.19. The van der Waals surface area contributed by atoms with E-state index in [2.05, 4.69) is 37.4 Å². The zero-order valence-electron chi connectivity index (χ0n) is 13.5. The van der Waals surface area contributed by atoms with Gasteiger partial charge in [-0.05, 0) is 74.5 Å². The van der Waals surface area contributed by atoms with Gasteiger partial charge in [-0.3, -0.25) is 0 Å². The van der Waals surface area contributed by atoms with Gasteiger partial charge < -0.3 is 5.32 Å². The van der Waals surface area contributed by atoms with Gasteiger partial charge in [0.2, 0.25) is 0 Å². The molecule has 0 bridgehead atoms. The van der Waals surface area contributed by atoms with Crippen molar-refractivity contribution in [3.05, 3.63) is 69.5 Å². The van der Waals surface area contributed by atoms with E-state index in [1.807, 2.05) is 33.0 Å². The van der Waals surface area contributed by atoms with Crippen molar-refractivity contribution in [1.29, 1.82) is 0 Å². The second-order valence-electron chi connectivity index (χ2n) is 5.93. The average molecular weight is 285 g/mol. The molecule has 2 rings (SSSR count). The molecule has 0 heterocycles. The third-order valence-electron chi connectivity index (χ3n) is 4.22. The number of benzene rings is 2. The predicted octanol–water partition coefficient (Wildman–Crippen LogP) is 4.56. The van der Waals surface area contributed by atoms with Crippen LogP contribution < -0.4 is 5.32 Å². The molecule has 112 valence electrons. The molecule has 0 aliphatic rings. The van der Waals surface area contributed by atoms with Crippen LogP contribution in [0, 0.1) is 33.5 Å². The molecule has 2 aromatic carbocycles. The zero-order valence-corrected chi connectivity index (χ0v) is 13.5. The van der Waals surface area contributed by atoms with Crippen molar-refractivity contribution in [3.8, 4) is 0 Å². The second-order valence-corrected chi connectivity index (χ2v) is 5.93. The fraction of sp³-hybridized carbons (Fsp3) is 0.368. The summed E-state index contributed by atoms with van der Waals surface area (Å²) in [4.78, 5) is 0. The normalized spacial score (nSPS) is 12.5. The molecular weight excluding hydrogens is 261 g/mol. The maximum absolute atomic E-state index is 13.8. The van der Waals surface area contributed by atoms with Crippen molar-refractivity contribution < 1.29 is 4.39 Å². The Hall–Kier alpha value is -1.67. The van der Waals surface area contributed by atoms with Crippen LogP contribution in [0.3, 0.4) is 0 Å². The Morgan fingerprint density at radius 2 is 1.52 bits per heavy atom. The van der Waals surface area contributed by atoms with Crippen LogP contribution in [0.5, 0.6) is 0 Å². The third-order valence-corrected chi connectivity index (χ3v) is 4.22. The van der Waals surface area contributed by atoms with Gasteiger partial charge in [0.1, 0.15) is 5.82 Å². The summed E-state index contributed by atoms with van der Waals surface area (Å²) in [5.41, 5.74) is 6.50. The molecule has 0 aliphatic carbocycles. The fourth-order valence-electron chi connectivity index (χ4n) is 2.73. The largest absolute Gasteiger partial charge is 0.313 e. The Morgan fingerprint density at radius 3 is 2.05 bits per heavy atom. The van der Waals surface area contributed by atoms with Gasteiger partial charge in [-0.15, -0.1) is 0 Å². The molecule has 0 fully saturated rings. The van der Waals surface area contributed by atoms with Crippen LogP contribution >= 0.6 is 0 Å². The number of rotatable bonds is 4. The van der Waals surface area contributed by atoms with E-state index in [-0.39, 0.29) is 11.9 Å². The molecule has 1 N–H and O–H groups in total. The van der Waals surface area contributed by atoms with E-state index in [4.69, 9.17) is 0 Å². The summed E-state index contributed by atoms with van der Waals surface area (Å²) in [6, 6.07) is 10.7. The van der Waals surface area contributed by atoms with Crippen LogP contribution in [-0.2, 0) is 6.42 Å². The standard InChI is InChI=1S/C19H24FN/c1-12-6-7-16(8-13(12)2)11-18(21-5)17-9-14(3)19(20)15(4)10-17/h6-10,18,21H,11H2,1-5H3. The van der Waals surface area contributed by atoms with Gasteiger partial charge in [0.25, 0.3) is 0 Å². The molecule has 1 atom stereocenters. The van der Waals surface area contributed by atoms with Crippen LogP contribution in [0.1, 0.15) is 39.4 Å². The molecule has 0 radical (unpaired) electrons. The third kappa shape index (κ3) is 3.51. The number of hydrogen-bond donors (Lipinski definition) is 1. The zero-order chi connectivity index (χ0) is 15.6. The molecule has 0 saturated heterocycles. The highest BCUT2D eigenvalue weighted by Crippen LogP contribution is 2.24. The lowest BCUT2D eigenvalue weighted by atomic mass is 9.94. The monoisotopic (exact) mass is 285 g/mol. The molecule has 1 nitrogen and oxygen atoms in total. The van der Waals surface area contributed by atoms with Crippen LogP contribution in [-0.4, -0.2) is 7.05 Å². The summed E-state index contributed by atoms with van der Waals surface area (Å²) < 4.78 is 13.8. The summed E-state index contributed by atoms with van der Waals surface area (Å²) in [5, 5.41) is 3.35. The summed E-state index contributed by atoms with van der Waals surface area (Å²) in [6.07, 6.45) is 0.905. The number of halogens is 1. The lowest BCUT2D eigenvalue weighted by molar-refractivity contribution is 0.579. The van der Waals surface area contributed by atoms with E-state index in [1.165, 1.54) is 16.7 Å². The maximum atomic E-state index is 13.8. The summed E-state index contributed by atoms with van der Waals surface area (Å²) in [7, 11) is 1.96. The van der Waals surface area contributed by atoms with Gasteiger partial charge in [0, 0.05) is 6.04 Å². The first-order valence-electron chi connectivity index (χ1n) is 7.42. The predicted molar refractivity (Wildman–Crippen MR) is 87.3 cm³/mol. The molecule has 2 aromatic rings. The Bertz CT molecular complexity index is 623. The smallest absolute Gasteiger partial charge is 0.129 e. The Balaban J connectivity index is 2.29. The van der Waals surface area contributed by atoms with E-state index < -0.39 is 0 Å². The van der Waals surface area contributed by atoms with Crippen molar-refractivity contribution in [3.63, 3.8) is 0 Å². The molecule has 0 aliphatic heterocycles. The molecule has 0 spiro atoms. The highest BCUT2D eigenvalue weighted by Gasteiger charge is 2.13. The van der Waals surface area contributed by atoms with E-state index in [0.717, 1.165) is 12.0 Å². The Morgan fingerprint density at radius 1 is 0.905 bits per heavy atom. The van der Waals surface area contributed by atoms with Crippen molar-refractivity contribution >= 4 is 0 Å². The topological polar surface area (TPSA) is 12.0 Å². The summed E-state index contributed by atoms with van der Waals surface area (Å²) in [6.45, 7) is 7.92. The summed E-state index contributed by atoms with van der Waals surface area (Å²) in [5.74, 6) is -0.0974. The lowest BCUT2D eigenvalue weighted by Crippen LogP contribution is -2.19. The molecule has 2 heteroatoms. The molecule has 21 heavy (non-hydrogen) atoms. The van der Waals surface area contributed by atoms with Crippen LogP contribution in [0.15, 0.2) is 30.3 Å². The number of hydrogen-bond acceptors (Lipinski definition) is 1. The highest BCUT2D eigenvalue weighted by atomic mass is 19.1. The van der Waals surface area contributed by atoms with Gasteiger partial charge in [0.05, 0.1) is 0 Å². The van der Waals surface area contributed by atoms with Crippen molar-refractivity contribution in [2.45, 2.75) is 40.2 Å². The summed E-state index contributed by atoms with van der Waals surface area (Å²) >= 11 is 0. The van der Waals surface area contributed by atoms with E-state index in [1.54, 1.807) is 0 Å². The van der Waals surface area contributed by atoms with E-state index >= 15 is 0 Å². The molecule has 0 amide bonds. The van der Waals surface area contributed by atoms with Crippen molar-refractivity contribution in [2.75, 3.05) is 7.05 Å². The van der Waals surface area contributed by atoms with Gasteiger partial charge in [-0.1, -0.05) is 30.3 Å². The second kappa shape index (κ2) is 6.40. The minimum Gasteiger partial charge on any atom is -0.313 e. The minimum absolute atomic E-state index is 0.0974. The van der Waals surface area contributed by atoms with Gasteiger partial charge in [-0.2, -0.15) is 0 Å². The Labute approximate surface area is 127 Å². The number of aryl methyl sites for hydroxylation is 4. The minimum atomic E-state index is -0.0974. The van der Waals surface area contributed by atoms with Crippen LogP contribution in [0.2, 0.25) is 0 Å². The van der Waals surface area contributed by atoms with Gasteiger partial charge >= 0.3 is 0 Å². The van der Waals surface area contributed by atoms with Gasteiger partial charge in [0.15, 0.2) is 0 Å². The van der Waals surface area contributed by atoms with Crippen LogP contribution in [0.25, 0.3) is 0 Å². The maximum Gasteiger partial charge on any atom is 0.129 e. The first-order chi connectivity index (χ1) is 9.92. The highest BCUT2D eigenvalue weighted by molar-refractivity contribution is 5.35. The first kappa shape index (κ1) is 15.7. The number of nitrogens with one attached hydrogen (secondary N) is 1. The molecule has 0 saturated carbocycles. The molecule has 1 unspecified atom stereocenters. The van der Waals surface area contributed by atoms with E-state index in [0.29, 0.717) is 11.1 Å². The molecule has 0 aromatic heterocycles. The Kier molecular flexibility index (Phi) is 4.79. The fourth-order valence-corrected chi connectivity index (χ4v) is 2.73. The van der Waals surface area contributed by atoms with Gasteiger partial charge in [-0.25, -0.2) is 4.39 Å². The molecular formula is C19H24FN. The van der Waals surface area contributed by atoms with E-state index in [9.17, 15) is 4.39 Å². The van der Waals surface area contributed by atoms with Crippen molar-refractivity contribution in [2.24, 2.45) is 0 Å².